The average Bonchev–Trinajstić information content (AvgIpc) is 3.45. The molecule has 3 heterocycles. The molecule has 0 fully saturated rings. The Hall–Kier alpha value is -3.41. The molecule has 6 nitrogen and oxygen atoms in total. The summed E-state index contributed by atoms with van der Waals surface area (Å²) in [5, 5.41) is 6.95. The van der Waals surface area contributed by atoms with Crippen LogP contribution in [0.25, 0.3) is 0 Å². The first-order valence-electron chi connectivity index (χ1n) is 10.3. The van der Waals surface area contributed by atoms with Crippen molar-refractivity contribution in [2.45, 2.75) is 32.5 Å². The zero-order chi connectivity index (χ0) is 20.5. The van der Waals surface area contributed by atoms with Gasteiger partial charge in [0.2, 0.25) is 6.23 Å². The normalized spacial score (nSPS) is 19.5. The monoisotopic (exact) mass is 404 g/mol. The summed E-state index contributed by atoms with van der Waals surface area (Å²) in [7, 11) is 0. The maximum absolute atomic E-state index is 6.39. The van der Waals surface area contributed by atoms with Crippen LogP contribution in [0.3, 0.4) is 0 Å². The Morgan fingerprint density at radius 2 is 1.83 bits per heavy atom. The van der Waals surface area contributed by atoms with Crippen LogP contribution in [0.15, 0.2) is 70.4 Å². The predicted molar refractivity (Wildman–Crippen MR) is 113 cm³/mol. The lowest BCUT2D eigenvalue weighted by molar-refractivity contribution is -0.0344. The van der Waals surface area contributed by atoms with Crippen molar-refractivity contribution >= 4 is 5.71 Å². The molecular weight excluding hydrogens is 380 g/mol. The molecule has 30 heavy (non-hydrogen) atoms. The van der Waals surface area contributed by atoms with E-state index >= 15 is 0 Å². The van der Waals surface area contributed by atoms with Crippen molar-refractivity contribution in [2.75, 3.05) is 13.2 Å². The van der Waals surface area contributed by atoms with E-state index in [9.17, 15) is 0 Å². The summed E-state index contributed by atoms with van der Waals surface area (Å²) in [4.78, 5) is 0. The third kappa shape index (κ3) is 3.18. The summed E-state index contributed by atoms with van der Waals surface area (Å²) >= 11 is 0. The minimum absolute atomic E-state index is 0.0471. The van der Waals surface area contributed by atoms with Crippen LogP contribution in [0.1, 0.15) is 49.4 Å². The zero-order valence-corrected chi connectivity index (χ0v) is 17.1. The molecule has 0 bridgehead atoms. The summed E-state index contributed by atoms with van der Waals surface area (Å²) < 4.78 is 23.5. The van der Waals surface area contributed by atoms with Gasteiger partial charge in [0.25, 0.3) is 0 Å². The van der Waals surface area contributed by atoms with Crippen LogP contribution < -0.4 is 14.2 Å². The maximum Gasteiger partial charge on any atom is 0.246 e. The van der Waals surface area contributed by atoms with Crippen molar-refractivity contribution in [1.29, 1.82) is 0 Å². The van der Waals surface area contributed by atoms with E-state index in [-0.39, 0.29) is 6.04 Å². The van der Waals surface area contributed by atoms with Crippen molar-refractivity contribution in [2.24, 2.45) is 5.10 Å². The van der Waals surface area contributed by atoms with Gasteiger partial charge >= 0.3 is 0 Å². The van der Waals surface area contributed by atoms with Gasteiger partial charge in [-0.05, 0) is 61.9 Å². The molecule has 0 amide bonds. The molecule has 0 aliphatic carbocycles. The summed E-state index contributed by atoms with van der Waals surface area (Å²) in [5.74, 6) is 3.10. The van der Waals surface area contributed by atoms with E-state index in [1.54, 1.807) is 6.26 Å². The van der Waals surface area contributed by atoms with Gasteiger partial charge in [-0.15, -0.1) is 0 Å². The number of nitrogens with zero attached hydrogens (tertiary/aromatic N) is 2. The van der Waals surface area contributed by atoms with E-state index in [4.69, 9.17) is 23.7 Å². The Morgan fingerprint density at radius 3 is 2.57 bits per heavy atom. The predicted octanol–water partition coefficient (Wildman–Crippen LogP) is 5.32. The van der Waals surface area contributed by atoms with Crippen molar-refractivity contribution < 1.29 is 18.6 Å². The van der Waals surface area contributed by atoms with Crippen molar-refractivity contribution in [1.82, 2.24) is 5.01 Å². The van der Waals surface area contributed by atoms with Crippen LogP contribution in [0.2, 0.25) is 0 Å². The smallest absolute Gasteiger partial charge is 0.246 e. The molecule has 0 radical (unpaired) electrons. The number of rotatable bonds is 6. The fourth-order valence-electron chi connectivity index (χ4n) is 4.06. The molecular formula is C24H24N2O4. The highest BCUT2D eigenvalue weighted by Crippen LogP contribution is 2.50. The molecule has 3 aromatic rings. The molecule has 2 aliphatic heterocycles. The Labute approximate surface area is 175 Å². The van der Waals surface area contributed by atoms with Gasteiger partial charge in [-0.1, -0.05) is 12.1 Å². The van der Waals surface area contributed by atoms with Crippen molar-refractivity contribution in [3.05, 3.63) is 77.7 Å². The second kappa shape index (κ2) is 7.78. The summed E-state index contributed by atoms with van der Waals surface area (Å²) in [6, 6.07) is 18.0. The highest BCUT2D eigenvalue weighted by atomic mass is 16.5. The Morgan fingerprint density at radius 1 is 1.00 bits per heavy atom. The Kier molecular flexibility index (Phi) is 4.83. The van der Waals surface area contributed by atoms with E-state index in [1.165, 1.54) is 0 Å². The number of hydrogen-bond donors (Lipinski definition) is 0. The second-order valence-corrected chi connectivity index (χ2v) is 7.20. The summed E-state index contributed by atoms with van der Waals surface area (Å²) in [5.41, 5.74) is 3.17. The minimum atomic E-state index is -0.445. The first-order valence-corrected chi connectivity index (χ1v) is 10.3. The van der Waals surface area contributed by atoms with Crippen LogP contribution in [0.5, 0.6) is 17.2 Å². The highest BCUT2D eigenvalue weighted by molar-refractivity contribution is 6.02. The van der Waals surface area contributed by atoms with E-state index in [1.807, 2.05) is 55.3 Å². The minimum Gasteiger partial charge on any atom is -0.494 e. The van der Waals surface area contributed by atoms with Gasteiger partial charge in [-0.2, -0.15) is 5.10 Å². The quantitative estimate of drug-likeness (QED) is 0.557. The number of fused-ring (bicyclic) bond motifs is 3. The van der Waals surface area contributed by atoms with Gasteiger partial charge < -0.3 is 18.6 Å². The SMILES string of the molecule is CCOc1ccc(C2=NN3[C@@H](C2)c2cccc(OCC)c2O[C@H]3c2ccco2)cc1. The largest absolute Gasteiger partial charge is 0.494 e. The van der Waals surface area contributed by atoms with E-state index in [2.05, 4.69) is 18.2 Å². The summed E-state index contributed by atoms with van der Waals surface area (Å²) in [6.07, 6.45) is 1.99. The van der Waals surface area contributed by atoms with Gasteiger partial charge in [0.05, 0.1) is 31.2 Å². The number of para-hydroxylation sites is 1. The average molecular weight is 404 g/mol. The molecule has 1 aromatic heterocycles. The van der Waals surface area contributed by atoms with Gasteiger partial charge in [0, 0.05) is 12.0 Å². The third-order valence-corrected chi connectivity index (χ3v) is 5.37. The lowest BCUT2D eigenvalue weighted by Gasteiger charge is -2.37. The van der Waals surface area contributed by atoms with Gasteiger partial charge in [0.15, 0.2) is 17.3 Å². The van der Waals surface area contributed by atoms with Crippen LogP contribution in [-0.4, -0.2) is 23.9 Å². The molecule has 2 aromatic carbocycles. The lowest BCUT2D eigenvalue weighted by atomic mass is 9.96. The number of hydrazone groups is 1. The lowest BCUT2D eigenvalue weighted by Crippen LogP contribution is -2.33. The van der Waals surface area contributed by atoms with E-state index < -0.39 is 6.23 Å². The first-order chi connectivity index (χ1) is 14.8. The molecule has 154 valence electrons. The zero-order valence-electron chi connectivity index (χ0n) is 17.1. The molecule has 2 atom stereocenters. The van der Waals surface area contributed by atoms with Crippen molar-refractivity contribution in [3.8, 4) is 17.2 Å². The molecule has 0 N–H and O–H groups in total. The fraction of sp³-hybridized carbons (Fsp3) is 0.292. The molecule has 0 saturated heterocycles. The maximum atomic E-state index is 6.39. The van der Waals surface area contributed by atoms with Crippen molar-refractivity contribution in [3.63, 3.8) is 0 Å². The number of benzene rings is 2. The number of hydrogen-bond acceptors (Lipinski definition) is 6. The molecule has 0 spiro atoms. The van der Waals surface area contributed by atoms with Crippen LogP contribution in [0, 0.1) is 0 Å². The first kappa shape index (κ1) is 18.6. The van der Waals surface area contributed by atoms with Crippen LogP contribution in [0.4, 0.5) is 0 Å². The fourth-order valence-corrected chi connectivity index (χ4v) is 4.06. The number of ether oxygens (including phenoxy) is 3. The number of furan rings is 1. The molecule has 0 unspecified atom stereocenters. The van der Waals surface area contributed by atoms with E-state index in [0.29, 0.717) is 19.0 Å². The van der Waals surface area contributed by atoms with E-state index in [0.717, 1.165) is 40.5 Å². The van der Waals surface area contributed by atoms with Gasteiger partial charge in [-0.25, -0.2) is 5.01 Å². The molecule has 6 heteroatoms. The van der Waals surface area contributed by atoms with Gasteiger partial charge in [-0.3, -0.25) is 0 Å². The summed E-state index contributed by atoms with van der Waals surface area (Å²) in [6.45, 7) is 5.18. The Bertz CT molecular complexity index is 1040. The Balaban J connectivity index is 1.54. The standard InChI is InChI=1S/C24H24N2O4/c1-3-27-17-12-10-16(11-13-17)19-15-20-18-7-5-8-21(28-4-2)23(18)30-24(26(20)25-19)22-9-6-14-29-22/h5-14,20,24H,3-4,15H2,1-2H3/t20-,24-/m0/s1. The van der Waals surface area contributed by atoms with Gasteiger partial charge in [0.1, 0.15) is 5.75 Å². The molecule has 5 rings (SSSR count). The topological polar surface area (TPSA) is 56.4 Å². The van der Waals surface area contributed by atoms with Crippen LogP contribution in [-0.2, 0) is 0 Å². The third-order valence-electron chi connectivity index (χ3n) is 5.37. The van der Waals surface area contributed by atoms with Crippen LogP contribution >= 0.6 is 0 Å². The second-order valence-electron chi connectivity index (χ2n) is 7.20. The highest BCUT2D eigenvalue weighted by Gasteiger charge is 2.43. The molecule has 2 aliphatic rings. The molecule has 0 saturated carbocycles.